The number of aromatic nitrogens is 1. The summed E-state index contributed by atoms with van der Waals surface area (Å²) in [5, 5.41) is 9.18. The number of rotatable bonds is 1. The van der Waals surface area contributed by atoms with Crippen molar-refractivity contribution in [2.45, 2.75) is 6.54 Å². The van der Waals surface area contributed by atoms with Crippen molar-refractivity contribution in [1.82, 2.24) is 4.57 Å². The van der Waals surface area contributed by atoms with Crippen LogP contribution in [0.15, 0.2) is 34.1 Å². The monoisotopic (exact) mass is 246 g/mol. The van der Waals surface area contributed by atoms with Gasteiger partial charge in [-0.05, 0) is 23.8 Å². The van der Waals surface area contributed by atoms with E-state index < -0.39 is 0 Å². The number of benzene rings is 1. The molecular weight excluding hydrogens is 236 g/mol. The molecule has 4 nitrogen and oxygen atoms in total. The zero-order valence-corrected chi connectivity index (χ0v) is 9.78. The molecule has 0 fully saturated rings. The van der Waals surface area contributed by atoms with E-state index in [-0.39, 0.29) is 11.3 Å². The lowest BCUT2D eigenvalue weighted by Crippen LogP contribution is -2.29. The number of aromatic hydroxyl groups is 1. The molecule has 17 heavy (non-hydrogen) atoms. The second kappa shape index (κ2) is 3.85. The summed E-state index contributed by atoms with van der Waals surface area (Å²) in [6.45, 7) is 1.40. The highest BCUT2D eigenvalue weighted by Gasteiger charge is 2.09. The van der Waals surface area contributed by atoms with Gasteiger partial charge in [-0.25, -0.2) is 0 Å². The Labute approximate surface area is 101 Å². The molecule has 0 bridgehead atoms. The zero-order chi connectivity index (χ0) is 11.8. The Balaban J connectivity index is 2.17. The van der Waals surface area contributed by atoms with Crippen LogP contribution in [0.25, 0.3) is 6.08 Å². The van der Waals surface area contributed by atoms with Crippen molar-refractivity contribution in [2.24, 2.45) is 4.99 Å². The maximum Gasteiger partial charge on any atom is 0.270 e. The summed E-state index contributed by atoms with van der Waals surface area (Å²) < 4.78 is 2.39. The topological polar surface area (TPSA) is 54.6 Å². The number of nitrogens with zero attached hydrogens (tertiary/aromatic N) is 2. The summed E-state index contributed by atoms with van der Waals surface area (Å²) in [7, 11) is 0. The van der Waals surface area contributed by atoms with Crippen molar-refractivity contribution >= 4 is 17.4 Å². The van der Waals surface area contributed by atoms with E-state index in [1.807, 2.05) is 6.08 Å². The molecule has 86 valence electrons. The standard InChI is InChI=1S/C12H10N2O2S/c15-9-3-1-8(2-4-9)7-10-11(16)14-6-5-13-12(14)17-10/h1-4,7,15H,5-6H2. The summed E-state index contributed by atoms with van der Waals surface area (Å²) >= 11 is 1.41. The predicted molar refractivity (Wildman–Crippen MR) is 65.9 cm³/mol. The molecule has 1 N–H and O–H groups in total. The summed E-state index contributed by atoms with van der Waals surface area (Å²) in [6, 6.07) is 6.77. The van der Waals surface area contributed by atoms with Crippen LogP contribution in [0, 0.1) is 0 Å². The minimum atomic E-state index is 0.0272. The van der Waals surface area contributed by atoms with E-state index in [1.54, 1.807) is 28.8 Å². The fraction of sp³-hybridized carbons (Fsp3) is 0.167. The van der Waals surface area contributed by atoms with Gasteiger partial charge in [0.2, 0.25) is 0 Å². The summed E-state index contributed by atoms with van der Waals surface area (Å²) in [6.07, 6.45) is 1.83. The van der Waals surface area contributed by atoms with Gasteiger partial charge in [-0.3, -0.25) is 14.4 Å². The molecule has 0 radical (unpaired) electrons. The maximum absolute atomic E-state index is 12.0. The van der Waals surface area contributed by atoms with Gasteiger partial charge in [0.25, 0.3) is 5.56 Å². The molecule has 1 aromatic heterocycles. The lowest BCUT2D eigenvalue weighted by atomic mass is 10.2. The number of phenolic OH excluding ortho intramolecular Hbond substituents is 1. The molecule has 1 aliphatic heterocycles. The molecule has 2 heterocycles. The third kappa shape index (κ3) is 1.78. The fourth-order valence-corrected chi connectivity index (χ4v) is 2.82. The van der Waals surface area contributed by atoms with Gasteiger partial charge >= 0.3 is 0 Å². The molecule has 0 unspecified atom stereocenters. The van der Waals surface area contributed by atoms with Gasteiger partial charge < -0.3 is 5.11 Å². The van der Waals surface area contributed by atoms with Crippen LogP contribution in [0.1, 0.15) is 5.56 Å². The summed E-state index contributed by atoms with van der Waals surface area (Å²) in [5.74, 6) is 0.225. The lowest BCUT2D eigenvalue weighted by molar-refractivity contribution is 0.475. The Morgan fingerprint density at radius 2 is 2.12 bits per heavy atom. The number of thiazole rings is 1. The highest BCUT2D eigenvalue weighted by atomic mass is 32.1. The maximum atomic E-state index is 12.0. The van der Waals surface area contributed by atoms with Crippen LogP contribution in [-0.4, -0.2) is 16.2 Å². The van der Waals surface area contributed by atoms with Gasteiger partial charge in [0.1, 0.15) is 5.75 Å². The average Bonchev–Trinajstić information content (AvgIpc) is 2.87. The normalized spacial score (nSPS) is 14.7. The number of fused-ring (bicyclic) bond motifs is 1. The van der Waals surface area contributed by atoms with Crippen LogP contribution < -0.4 is 14.9 Å². The third-order valence-electron chi connectivity index (χ3n) is 2.65. The molecule has 3 rings (SSSR count). The van der Waals surface area contributed by atoms with E-state index in [2.05, 4.69) is 4.99 Å². The Bertz CT molecular complexity index is 725. The molecule has 0 spiro atoms. The first-order valence-corrected chi connectivity index (χ1v) is 6.10. The highest BCUT2D eigenvalue weighted by molar-refractivity contribution is 7.07. The van der Waals surface area contributed by atoms with E-state index >= 15 is 0 Å². The first kappa shape index (κ1) is 10.3. The van der Waals surface area contributed by atoms with E-state index in [4.69, 9.17) is 0 Å². The van der Waals surface area contributed by atoms with Gasteiger partial charge in [-0.15, -0.1) is 0 Å². The number of phenols is 1. The lowest BCUT2D eigenvalue weighted by Gasteiger charge is -1.92. The van der Waals surface area contributed by atoms with Gasteiger partial charge in [0.05, 0.1) is 11.1 Å². The quantitative estimate of drug-likeness (QED) is 0.774. The van der Waals surface area contributed by atoms with Crippen molar-refractivity contribution in [3.63, 3.8) is 0 Å². The van der Waals surface area contributed by atoms with Crippen LogP contribution in [0.3, 0.4) is 0 Å². The minimum absolute atomic E-state index is 0.0272. The summed E-state index contributed by atoms with van der Waals surface area (Å²) in [5.41, 5.74) is 0.930. The Kier molecular flexibility index (Phi) is 2.33. The van der Waals surface area contributed by atoms with Crippen molar-refractivity contribution < 1.29 is 5.11 Å². The van der Waals surface area contributed by atoms with Gasteiger partial charge in [0, 0.05) is 6.54 Å². The number of hydrogen-bond acceptors (Lipinski definition) is 4. The first-order chi connectivity index (χ1) is 8.24. The van der Waals surface area contributed by atoms with Gasteiger partial charge in [0.15, 0.2) is 4.80 Å². The average molecular weight is 246 g/mol. The molecule has 0 amide bonds. The Hall–Kier alpha value is -1.88. The zero-order valence-electron chi connectivity index (χ0n) is 8.96. The smallest absolute Gasteiger partial charge is 0.270 e. The summed E-state index contributed by atoms with van der Waals surface area (Å²) in [4.78, 5) is 17.0. The van der Waals surface area contributed by atoms with Crippen LogP contribution in [0.4, 0.5) is 0 Å². The second-order valence-electron chi connectivity index (χ2n) is 3.82. The molecule has 0 atom stereocenters. The van der Waals surface area contributed by atoms with E-state index in [9.17, 15) is 9.90 Å². The van der Waals surface area contributed by atoms with Crippen molar-refractivity contribution in [1.29, 1.82) is 0 Å². The highest BCUT2D eigenvalue weighted by Crippen LogP contribution is 2.09. The molecule has 0 aliphatic carbocycles. The van der Waals surface area contributed by atoms with E-state index in [0.717, 1.165) is 10.4 Å². The molecule has 1 aromatic carbocycles. The van der Waals surface area contributed by atoms with Crippen LogP contribution in [0.2, 0.25) is 0 Å². The molecular formula is C12H10N2O2S. The molecule has 0 saturated carbocycles. The fourth-order valence-electron chi connectivity index (χ4n) is 1.79. The first-order valence-electron chi connectivity index (χ1n) is 5.29. The molecule has 5 heteroatoms. The number of hydrogen-bond donors (Lipinski definition) is 1. The van der Waals surface area contributed by atoms with Gasteiger partial charge in [-0.2, -0.15) is 0 Å². The second-order valence-corrected chi connectivity index (χ2v) is 4.83. The van der Waals surface area contributed by atoms with Crippen LogP contribution in [-0.2, 0) is 6.54 Å². The van der Waals surface area contributed by atoms with Crippen molar-refractivity contribution in [3.05, 3.63) is 49.5 Å². The van der Waals surface area contributed by atoms with Crippen LogP contribution >= 0.6 is 11.3 Å². The SMILES string of the molecule is O=c1c(=Cc2ccc(O)cc2)sc2n1CCN=2. The van der Waals surface area contributed by atoms with Crippen molar-refractivity contribution in [3.8, 4) is 5.75 Å². The van der Waals surface area contributed by atoms with Gasteiger partial charge in [-0.1, -0.05) is 23.5 Å². The largest absolute Gasteiger partial charge is 0.508 e. The van der Waals surface area contributed by atoms with E-state index in [1.165, 1.54) is 11.3 Å². The Morgan fingerprint density at radius 3 is 2.82 bits per heavy atom. The Morgan fingerprint density at radius 1 is 1.35 bits per heavy atom. The van der Waals surface area contributed by atoms with E-state index in [0.29, 0.717) is 17.6 Å². The molecule has 0 saturated heterocycles. The minimum Gasteiger partial charge on any atom is -0.508 e. The predicted octanol–water partition coefficient (Wildman–Crippen LogP) is 0.0774. The third-order valence-corrected chi connectivity index (χ3v) is 3.69. The molecule has 1 aliphatic rings. The molecule has 2 aromatic rings. The van der Waals surface area contributed by atoms with Crippen LogP contribution in [0.5, 0.6) is 5.75 Å². The van der Waals surface area contributed by atoms with Crippen molar-refractivity contribution in [2.75, 3.05) is 6.54 Å².